The van der Waals surface area contributed by atoms with Crippen molar-refractivity contribution in [3.05, 3.63) is 29.3 Å². The standard InChI is InChI=1S/C14H15F3N2O/c1-20-12-4-6-19(7-5-12)11-3-2-10(9-18)13(8-11)14(15,16)17/h2-3,8,12H,4-7H2,1H3. The van der Waals surface area contributed by atoms with Crippen molar-refractivity contribution in [2.24, 2.45) is 0 Å². The topological polar surface area (TPSA) is 36.3 Å². The molecule has 0 amide bonds. The number of alkyl halides is 3. The Morgan fingerprint density at radius 1 is 1.30 bits per heavy atom. The highest BCUT2D eigenvalue weighted by Crippen LogP contribution is 2.35. The fourth-order valence-corrected chi connectivity index (χ4v) is 2.41. The molecule has 1 fully saturated rings. The summed E-state index contributed by atoms with van der Waals surface area (Å²) in [4.78, 5) is 1.89. The number of piperidine rings is 1. The van der Waals surface area contributed by atoms with Gasteiger partial charge in [0.05, 0.1) is 23.3 Å². The second kappa shape index (κ2) is 5.71. The number of benzene rings is 1. The van der Waals surface area contributed by atoms with Gasteiger partial charge in [0.25, 0.3) is 0 Å². The van der Waals surface area contributed by atoms with E-state index in [1.807, 2.05) is 4.90 Å². The Balaban J connectivity index is 2.24. The van der Waals surface area contributed by atoms with E-state index in [9.17, 15) is 13.2 Å². The Kier molecular flexibility index (Phi) is 4.19. The minimum Gasteiger partial charge on any atom is -0.381 e. The van der Waals surface area contributed by atoms with Crippen molar-refractivity contribution >= 4 is 5.69 Å². The summed E-state index contributed by atoms with van der Waals surface area (Å²) in [5, 5.41) is 8.77. The minimum atomic E-state index is -4.51. The molecule has 1 aromatic carbocycles. The highest BCUT2D eigenvalue weighted by atomic mass is 19.4. The third-order valence-corrected chi connectivity index (χ3v) is 3.57. The lowest BCUT2D eigenvalue weighted by atomic mass is 10.0. The van der Waals surface area contributed by atoms with Gasteiger partial charge in [-0.05, 0) is 31.0 Å². The molecule has 0 bridgehead atoms. The molecule has 2 rings (SSSR count). The van der Waals surface area contributed by atoms with Crippen molar-refractivity contribution in [3.8, 4) is 6.07 Å². The summed E-state index contributed by atoms with van der Waals surface area (Å²) >= 11 is 0. The van der Waals surface area contributed by atoms with Crippen molar-refractivity contribution < 1.29 is 17.9 Å². The van der Waals surface area contributed by atoms with Crippen LogP contribution in [-0.2, 0) is 10.9 Å². The van der Waals surface area contributed by atoms with E-state index in [4.69, 9.17) is 10.00 Å². The number of nitriles is 1. The molecule has 108 valence electrons. The second-order valence-corrected chi connectivity index (χ2v) is 4.76. The van der Waals surface area contributed by atoms with Crippen LogP contribution in [0.5, 0.6) is 0 Å². The average molecular weight is 284 g/mol. The molecule has 20 heavy (non-hydrogen) atoms. The molecule has 0 atom stereocenters. The summed E-state index contributed by atoms with van der Waals surface area (Å²) in [6, 6.07) is 5.46. The zero-order valence-electron chi connectivity index (χ0n) is 11.1. The molecule has 0 unspecified atom stereocenters. The van der Waals surface area contributed by atoms with Crippen LogP contribution in [0.15, 0.2) is 18.2 Å². The van der Waals surface area contributed by atoms with Crippen LogP contribution in [0.1, 0.15) is 24.0 Å². The van der Waals surface area contributed by atoms with Crippen LogP contribution in [0.2, 0.25) is 0 Å². The van der Waals surface area contributed by atoms with Crippen molar-refractivity contribution in [1.82, 2.24) is 0 Å². The van der Waals surface area contributed by atoms with Gasteiger partial charge in [0.2, 0.25) is 0 Å². The maximum Gasteiger partial charge on any atom is 0.417 e. The molecule has 0 saturated carbocycles. The lowest BCUT2D eigenvalue weighted by molar-refractivity contribution is -0.137. The fraction of sp³-hybridized carbons (Fsp3) is 0.500. The Morgan fingerprint density at radius 2 is 1.95 bits per heavy atom. The first kappa shape index (κ1) is 14.7. The van der Waals surface area contributed by atoms with Crippen molar-refractivity contribution in [3.63, 3.8) is 0 Å². The van der Waals surface area contributed by atoms with E-state index in [2.05, 4.69) is 0 Å². The summed E-state index contributed by atoms with van der Waals surface area (Å²) in [5.74, 6) is 0. The zero-order valence-corrected chi connectivity index (χ0v) is 11.1. The molecule has 3 nitrogen and oxygen atoms in total. The number of ether oxygens (including phenoxy) is 1. The predicted molar refractivity (Wildman–Crippen MR) is 68.4 cm³/mol. The number of hydrogen-bond acceptors (Lipinski definition) is 3. The molecule has 1 saturated heterocycles. The monoisotopic (exact) mass is 284 g/mol. The third kappa shape index (κ3) is 3.05. The first-order valence-corrected chi connectivity index (χ1v) is 6.35. The van der Waals surface area contributed by atoms with Crippen molar-refractivity contribution in [2.75, 3.05) is 25.1 Å². The average Bonchev–Trinajstić information content (AvgIpc) is 2.46. The van der Waals surface area contributed by atoms with Gasteiger partial charge in [-0.25, -0.2) is 0 Å². The molecule has 1 aromatic rings. The van der Waals surface area contributed by atoms with Crippen LogP contribution in [-0.4, -0.2) is 26.3 Å². The number of anilines is 1. The van der Waals surface area contributed by atoms with Crippen molar-refractivity contribution in [1.29, 1.82) is 5.26 Å². The Morgan fingerprint density at radius 3 is 2.45 bits per heavy atom. The van der Waals surface area contributed by atoms with Crippen LogP contribution >= 0.6 is 0 Å². The molecule has 0 spiro atoms. The lowest BCUT2D eigenvalue weighted by Gasteiger charge is -2.33. The number of methoxy groups -OCH3 is 1. The SMILES string of the molecule is COC1CCN(c2ccc(C#N)c(C(F)(F)F)c2)CC1. The summed E-state index contributed by atoms with van der Waals surface area (Å²) in [6.07, 6.45) is -2.76. The van der Waals surface area contributed by atoms with Gasteiger partial charge in [0.1, 0.15) is 0 Å². The van der Waals surface area contributed by atoms with Crippen LogP contribution in [0.25, 0.3) is 0 Å². The molecule has 1 aliphatic rings. The fourth-order valence-electron chi connectivity index (χ4n) is 2.41. The molecule has 6 heteroatoms. The molecule has 0 N–H and O–H groups in total. The third-order valence-electron chi connectivity index (χ3n) is 3.57. The Labute approximate surface area is 115 Å². The van der Waals surface area contributed by atoms with Gasteiger partial charge in [-0.2, -0.15) is 18.4 Å². The smallest absolute Gasteiger partial charge is 0.381 e. The number of hydrogen-bond donors (Lipinski definition) is 0. The summed E-state index contributed by atoms with van der Waals surface area (Å²) in [5.41, 5.74) is -0.703. The summed E-state index contributed by atoms with van der Waals surface area (Å²) in [7, 11) is 1.64. The van der Waals surface area contributed by atoms with E-state index in [0.717, 1.165) is 18.9 Å². The minimum absolute atomic E-state index is 0.173. The Hall–Kier alpha value is -1.74. The Bertz CT molecular complexity index is 514. The van der Waals surface area contributed by atoms with Gasteiger partial charge in [-0.1, -0.05) is 0 Å². The first-order chi connectivity index (χ1) is 9.45. The molecular formula is C14H15F3N2O. The van der Waals surface area contributed by atoms with Crippen LogP contribution in [0.4, 0.5) is 18.9 Å². The molecule has 0 aliphatic carbocycles. The second-order valence-electron chi connectivity index (χ2n) is 4.76. The molecule has 0 radical (unpaired) electrons. The van der Waals surface area contributed by atoms with E-state index in [1.54, 1.807) is 19.2 Å². The number of rotatable bonds is 2. The van der Waals surface area contributed by atoms with Gasteiger partial charge in [0, 0.05) is 25.9 Å². The zero-order chi connectivity index (χ0) is 14.8. The maximum atomic E-state index is 12.9. The molecule has 1 aliphatic heterocycles. The van der Waals surface area contributed by atoms with E-state index in [-0.39, 0.29) is 11.7 Å². The van der Waals surface area contributed by atoms with Crippen molar-refractivity contribution in [2.45, 2.75) is 25.1 Å². The normalized spacial score (nSPS) is 17.1. The summed E-state index contributed by atoms with van der Waals surface area (Å²) in [6.45, 7) is 1.31. The number of halogens is 3. The molecule has 1 heterocycles. The van der Waals surface area contributed by atoms with E-state index in [0.29, 0.717) is 18.8 Å². The van der Waals surface area contributed by atoms with Crippen LogP contribution in [0.3, 0.4) is 0 Å². The quantitative estimate of drug-likeness (QED) is 0.836. The highest BCUT2D eigenvalue weighted by molar-refractivity contribution is 5.55. The maximum absolute atomic E-state index is 12.9. The largest absolute Gasteiger partial charge is 0.417 e. The summed E-state index contributed by atoms with van der Waals surface area (Å²) < 4.78 is 44.0. The van der Waals surface area contributed by atoms with E-state index in [1.165, 1.54) is 6.07 Å². The first-order valence-electron chi connectivity index (χ1n) is 6.35. The van der Waals surface area contributed by atoms with Gasteiger partial charge < -0.3 is 9.64 Å². The van der Waals surface area contributed by atoms with E-state index >= 15 is 0 Å². The van der Waals surface area contributed by atoms with Crippen LogP contribution in [0, 0.1) is 11.3 Å². The van der Waals surface area contributed by atoms with Gasteiger partial charge in [0.15, 0.2) is 0 Å². The van der Waals surface area contributed by atoms with Crippen LogP contribution < -0.4 is 4.90 Å². The number of nitrogens with zero attached hydrogens (tertiary/aromatic N) is 2. The van der Waals surface area contributed by atoms with E-state index < -0.39 is 11.7 Å². The van der Waals surface area contributed by atoms with Gasteiger partial charge in [-0.3, -0.25) is 0 Å². The van der Waals surface area contributed by atoms with Gasteiger partial charge in [-0.15, -0.1) is 0 Å². The molecule has 0 aromatic heterocycles. The molecular weight excluding hydrogens is 269 g/mol. The van der Waals surface area contributed by atoms with Gasteiger partial charge >= 0.3 is 6.18 Å². The predicted octanol–water partition coefficient (Wildman–Crippen LogP) is 3.19. The highest BCUT2D eigenvalue weighted by Gasteiger charge is 2.34. The lowest BCUT2D eigenvalue weighted by Crippen LogP contribution is -2.36.